The molecule has 66 valence electrons. The molecule has 0 atom stereocenters. The second kappa shape index (κ2) is 4.64. The predicted octanol–water partition coefficient (Wildman–Crippen LogP) is 0.802. The molecule has 0 rings (SSSR count). The lowest BCUT2D eigenvalue weighted by Crippen LogP contribution is -2.36. The summed E-state index contributed by atoms with van der Waals surface area (Å²) < 4.78 is 0. The summed E-state index contributed by atoms with van der Waals surface area (Å²) in [5.74, 6) is -0.127. The lowest BCUT2D eigenvalue weighted by atomic mass is 10.4. The first-order valence-electron chi connectivity index (χ1n) is 3.92. The Bertz CT molecular complexity index is 134. The van der Waals surface area contributed by atoms with Gasteiger partial charge in [0.15, 0.2) is 0 Å². The SMILES string of the molecule is CCCC[Si](O)(O)CC(C)=O. The highest BCUT2D eigenvalue weighted by atomic mass is 28.4. The van der Waals surface area contributed by atoms with Gasteiger partial charge in [-0.15, -0.1) is 0 Å². The van der Waals surface area contributed by atoms with Gasteiger partial charge in [0, 0.05) is 6.04 Å². The summed E-state index contributed by atoms with van der Waals surface area (Å²) in [5.41, 5.74) is 0. The number of hydrogen-bond acceptors (Lipinski definition) is 3. The summed E-state index contributed by atoms with van der Waals surface area (Å²) in [6.45, 7) is 3.37. The van der Waals surface area contributed by atoms with Crippen LogP contribution in [0.2, 0.25) is 12.1 Å². The van der Waals surface area contributed by atoms with E-state index >= 15 is 0 Å². The van der Waals surface area contributed by atoms with Crippen molar-refractivity contribution in [2.45, 2.75) is 38.8 Å². The van der Waals surface area contributed by atoms with Crippen LogP contribution in [0.15, 0.2) is 0 Å². The van der Waals surface area contributed by atoms with E-state index in [1.165, 1.54) is 6.92 Å². The molecular formula is C7H16O3Si. The van der Waals surface area contributed by atoms with Crippen molar-refractivity contribution in [2.75, 3.05) is 0 Å². The molecule has 0 aliphatic carbocycles. The van der Waals surface area contributed by atoms with E-state index in [4.69, 9.17) is 0 Å². The van der Waals surface area contributed by atoms with Crippen LogP contribution in [0.3, 0.4) is 0 Å². The number of hydrogen-bond donors (Lipinski definition) is 2. The van der Waals surface area contributed by atoms with E-state index < -0.39 is 8.56 Å². The molecule has 0 bridgehead atoms. The van der Waals surface area contributed by atoms with E-state index in [0.29, 0.717) is 6.04 Å². The molecule has 0 aromatic heterocycles. The molecule has 0 saturated heterocycles. The fourth-order valence-corrected chi connectivity index (χ4v) is 2.84. The van der Waals surface area contributed by atoms with Gasteiger partial charge in [0.05, 0.1) is 0 Å². The molecule has 0 aromatic rings. The largest absolute Gasteiger partial charge is 0.410 e. The molecule has 11 heavy (non-hydrogen) atoms. The number of carbonyl (C=O) groups is 1. The lowest BCUT2D eigenvalue weighted by molar-refractivity contribution is -0.115. The minimum Gasteiger partial charge on any atom is -0.410 e. The molecule has 0 spiro atoms. The highest BCUT2D eigenvalue weighted by molar-refractivity contribution is 6.67. The quantitative estimate of drug-likeness (QED) is 0.609. The van der Waals surface area contributed by atoms with Crippen molar-refractivity contribution in [2.24, 2.45) is 0 Å². The first-order valence-corrected chi connectivity index (χ1v) is 6.23. The maximum Gasteiger partial charge on any atom is 0.340 e. The Morgan fingerprint density at radius 2 is 2.00 bits per heavy atom. The van der Waals surface area contributed by atoms with Crippen LogP contribution in [0, 0.1) is 0 Å². The van der Waals surface area contributed by atoms with Crippen LogP contribution in [0.1, 0.15) is 26.7 Å². The summed E-state index contributed by atoms with van der Waals surface area (Å²) in [6, 6.07) is 0.399. The van der Waals surface area contributed by atoms with Gasteiger partial charge in [0.1, 0.15) is 5.78 Å². The van der Waals surface area contributed by atoms with Gasteiger partial charge in [-0.25, -0.2) is 0 Å². The smallest absolute Gasteiger partial charge is 0.340 e. The Balaban J connectivity index is 3.70. The molecule has 3 nitrogen and oxygen atoms in total. The molecule has 2 N–H and O–H groups in total. The molecule has 0 aromatic carbocycles. The van der Waals surface area contributed by atoms with Crippen LogP contribution >= 0.6 is 0 Å². The molecule has 0 amide bonds. The monoisotopic (exact) mass is 176 g/mol. The predicted molar refractivity (Wildman–Crippen MR) is 45.4 cm³/mol. The molecule has 0 aliphatic rings. The Hall–Kier alpha value is -0.193. The van der Waals surface area contributed by atoms with Crippen LogP contribution in [-0.4, -0.2) is 23.9 Å². The molecule has 0 aliphatic heterocycles. The van der Waals surface area contributed by atoms with E-state index in [9.17, 15) is 14.4 Å². The third-order valence-corrected chi connectivity index (χ3v) is 3.68. The van der Waals surface area contributed by atoms with Crippen molar-refractivity contribution in [1.29, 1.82) is 0 Å². The molecule has 4 heteroatoms. The van der Waals surface area contributed by atoms with E-state index in [1.54, 1.807) is 0 Å². The van der Waals surface area contributed by atoms with Crippen LogP contribution in [0.4, 0.5) is 0 Å². The topological polar surface area (TPSA) is 57.5 Å². The van der Waals surface area contributed by atoms with Gasteiger partial charge in [0.2, 0.25) is 0 Å². The van der Waals surface area contributed by atoms with Crippen molar-refractivity contribution in [3.8, 4) is 0 Å². The Kier molecular flexibility index (Phi) is 4.56. The van der Waals surface area contributed by atoms with Gasteiger partial charge in [0.25, 0.3) is 0 Å². The molecular weight excluding hydrogens is 160 g/mol. The second-order valence-corrected chi connectivity index (χ2v) is 5.78. The zero-order valence-electron chi connectivity index (χ0n) is 7.13. The van der Waals surface area contributed by atoms with Crippen LogP contribution in [-0.2, 0) is 4.79 Å². The van der Waals surface area contributed by atoms with Gasteiger partial charge in [-0.2, -0.15) is 0 Å². The maximum absolute atomic E-state index is 10.5. The summed E-state index contributed by atoms with van der Waals surface area (Å²) >= 11 is 0. The van der Waals surface area contributed by atoms with Gasteiger partial charge in [-0.1, -0.05) is 19.8 Å². The Morgan fingerprint density at radius 3 is 2.36 bits per heavy atom. The third kappa shape index (κ3) is 6.21. The second-order valence-electron chi connectivity index (χ2n) is 2.96. The van der Waals surface area contributed by atoms with Crippen molar-refractivity contribution in [3.63, 3.8) is 0 Å². The first-order chi connectivity index (χ1) is 4.98. The number of ketones is 1. The van der Waals surface area contributed by atoms with Gasteiger partial charge in [-0.3, -0.25) is 0 Å². The number of unbranched alkanes of at least 4 members (excludes halogenated alkanes) is 1. The maximum atomic E-state index is 10.5. The average Bonchev–Trinajstić information content (AvgIpc) is 1.81. The zero-order chi connectivity index (χ0) is 8.91. The zero-order valence-corrected chi connectivity index (χ0v) is 8.13. The third-order valence-electron chi connectivity index (χ3n) is 1.46. The Morgan fingerprint density at radius 1 is 1.45 bits per heavy atom. The fourth-order valence-electron chi connectivity index (χ4n) is 0.947. The van der Waals surface area contributed by atoms with Crippen molar-refractivity contribution in [1.82, 2.24) is 0 Å². The minimum atomic E-state index is -3.14. The van der Waals surface area contributed by atoms with Crippen molar-refractivity contribution < 1.29 is 14.4 Å². The molecule has 0 unspecified atom stereocenters. The average molecular weight is 176 g/mol. The van der Waals surface area contributed by atoms with Crippen LogP contribution < -0.4 is 0 Å². The molecule has 0 fully saturated rings. The van der Waals surface area contributed by atoms with Crippen LogP contribution in [0.25, 0.3) is 0 Å². The first kappa shape index (κ1) is 10.8. The highest BCUT2D eigenvalue weighted by Crippen LogP contribution is 2.12. The van der Waals surface area contributed by atoms with Gasteiger partial charge in [-0.05, 0) is 13.0 Å². The highest BCUT2D eigenvalue weighted by Gasteiger charge is 2.29. The standard InChI is InChI=1S/C7H16O3Si/c1-3-4-5-11(9,10)6-7(2)8/h9-10H,3-6H2,1-2H3. The number of rotatable bonds is 5. The van der Waals surface area contributed by atoms with Gasteiger partial charge >= 0.3 is 8.56 Å². The summed E-state index contributed by atoms with van der Waals surface area (Å²) in [7, 11) is -3.14. The lowest BCUT2D eigenvalue weighted by Gasteiger charge is -2.14. The Labute approximate surface area is 68.3 Å². The molecule has 0 heterocycles. The fraction of sp³-hybridized carbons (Fsp3) is 0.857. The van der Waals surface area contributed by atoms with Crippen molar-refractivity contribution >= 4 is 14.3 Å². The van der Waals surface area contributed by atoms with E-state index in [0.717, 1.165) is 12.8 Å². The van der Waals surface area contributed by atoms with E-state index in [2.05, 4.69) is 0 Å². The van der Waals surface area contributed by atoms with Crippen LogP contribution in [0.5, 0.6) is 0 Å². The minimum absolute atomic E-state index is 0.0208. The van der Waals surface area contributed by atoms with Crippen molar-refractivity contribution in [3.05, 3.63) is 0 Å². The summed E-state index contributed by atoms with van der Waals surface area (Å²) in [5, 5.41) is 0. The summed E-state index contributed by atoms with van der Waals surface area (Å²) in [6.07, 6.45) is 1.74. The van der Waals surface area contributed by atoms with E-state index in [-0.39, 0.29) is 11.8 Å². The molecule has 0 saturated carbocycles. The number of carbonyl (C=O) groups excluding carboxylic acids is 1. The normalized spacial score (nSPS) is 11.6. The van der Waals surface area contributed by atoms with Gasteiger partial charge < -0.3 is 14.4 Å². The van der Waals surface area contributed by atoms with E-state index in [1.807, 2.05) is 6.92 Å². The summed E-state index contributed by atoms with van der Waals surface area (Å²) in [4.78, 5) is 29.1. The molecule has 0 radical (unpaired) electrons. The number of Topliss-reactive ketones (excluding diaryl/α,β-unsaturated/α-hetero) is 1.